The summed E-state index contributed by atoms with van der Waals surface area (Å²) >= 11 is 0. The predicted molar refractivity (Wildman–Crippen MR) is 137 cm³/mol. The Kier molecular flexibility index (Phi) is 9.55. The predicted octanol–water partition coefficient (Wildman–Crippen LogP) is 5.62. The lowest BCUT2D eigenvalue weighted by molar-refractivity contribution is -0.141. The van der Waals surface area contributed by atoms with Crippen molar-refractivity contribution in [3.8, 4) is 5.75 Å². The number of methoxy groups -OCH3 is 1. The minimum atomic E-state index is -0.474. The zero-order valence-electron chi connectivity index (χ0n) is 21.2. The van der Waals surface area contributed by atoms with Crippen LogP contribution in [0.25, 0.3) is 0 Å². The quantitative estimate of drug-likeness (QED) is 0.470. The van der Waals surface area contributed by atoms with Gasteiger partial charge in [0.05, 0.1) is 7.11 Å². The number of aryl methyl sites for hydroxylation is 1. The molecule has 184 valence electrons. The Hall–Kier alpha value is -2.82. The van der Waals surface area contributed by atoms with Crippen molar-refractivity contribution in [2.75, 3.05) is 7.11 Å². The number of nitrogens with zero attached hydrogens (tertiary/aromatic N) is 1. The van der Waals surface area contributed by atoms with Crippen LogP contribution in [0, 0.1) is 0 Å². The number of benzene rings is 2. The van der Waals surface area contributed by atoms with Crippen LogP contribution in [0.3, 0.4) is 0 Å². The van der Waals surface area contributed by atoms with E-state index in [1.165, 1.54) is 5.56 Å². The number of hydrogen-bond acceptors (Lipinski definition) is 3. The lowest BCUT2D eigenvalue weighted by atomic mass is 10.00. The van der Waals surface area contributed by atoms with Gasteiger partial charge in [-0.3, -0.25) is 9.59 Å². The van der Waals surface area contributed by atoms with E-state index in [1.807, 2.05) is 31.2 Å². The second kappa shape index (κ2) is 12.6. The van der Waals surface area contributed by atoms with E-state index in [0.29, 0.717) is 31.7 Å². The van der Waals surface area contributed by atoms with Crippen molar-refractivity contribution in [2.24, 2.45) is 0 Å². The van der Waals surface area contributed by atoms with Crippen molar-refractivity contribution in [1.29, 1.82) is 0 Å². The number of hydrogen-bond donors (Lipinski definition) is 1. The fourth-order valence-electron chi connectivity index (χ4n) is 4.68. The summed E-state index contributed by atoms with van der Waals surface area (Å²) in [4.78, 5) is 28.5. The van der Waals surface area contributed by atoms with Crippen LogP contribution in [0.1, 0.15) is 81.9 Å². The van der Waals surface area contributed by atoms with Gasteiger partial charge in [0.15, 0.2) is 0 Å². The third-order valence-corrected chi connectivity index (χ3v) is 6.87. The van der Waals surface area contributed by atoms with Gasteiger partial charge < -0.3 is 15.0 Å². The van der Waals surface area contributed by atoms with E-state index in [9.17, 15) is 9.59 Å². The Morgan fingerprint density at radius 1 is 1.00 bits per heavy atom. The standard InChI is InChI=1S/C29H40N2O3/c1-5-27(29(33)30-25-8-6-7-9-25)31(20-23-12-17-26(34-4)18-13-23)28(32)19-14-22-10-15-24(16-11-22)21(2)3/h10-13,15-18,21,25,27H,5-9,14,19-20H2,1-4H3,(H,30,33). The Bertz CT molecular complexity index is 915. The van der Waals surface area contributed by atoms with Crippen LogP contribution in [0.5, 0.6) is 5.75 Å². The van der Waals surface area contributed by atoms with Crippen molar-refractivity contribution in [1.82, 2.24) is 10.2 Å². The highest BCUT2D eigenvalue weighted by Crippen LogP contribution is 2.21. The van der Waals surface area contributed by atoms with Gasteiger partial charge in [0.25, 0.3) is 0 Å². The molecule has 0 heterocycles. The Morgan fingerprint density at radius 2 is 1.62 bits per heavy atom. The molecule has 2 amide bonds. The molecule has 5 nitrogen and oxygen atoms in total. The maximum Gasteiger partial charge on any atom is 0.243 e. The number of rotatable bonds is 11. The van der Waals surface area contributed by atoms with Crippen LogP contribution in [0.15, 0.2) is 48.5 Å². The number of carbonyl (C=O) groups is 2. The Morgan fingerprint density at radius 3 is 2.18 bits per heavy atom. The SMILES string of the molecule is CCC(C(=O)NC1CCCC1)N(Cc1ccc(OC)cc1)C(=O)CCc1ccc(C(C)C)cc1. The van der Waals surface area contributed by atoms with Gasteiger partial charge in [-0.2, -0.15) is 0 Å². The van der Waals surface area contributed by atoms with Gasteiger partial charge in [0, 0.05) is 19.0 Å². The maximum absolute atomic E-state index is 13.5. The third-order valence-electron chi connectivity index (χ3n) is 6.87. The minimum Gasteiger partial charge on any atom is -0.497 e. The van der Waals surface area contributed by atoms with Gasteiger partial charge in [-0.25, -0.2) is 0 Å². The molecule has 34 heavy (non-hydrogen) atoms. The summed E-state index contributed by atoms with van der Waals surface area (Å²) in [5, 5.41) is 3.21. The summed E-state index contributed by atoms with van der Waals surface area (Å²) in [5.74, 6) is 1.24. The summed E-state index contributed by atoms with van der Waals surface area (Å²) in [7, 11) is 1.64. The molecular weight excluding hydrogens is 424 g/mol. The third kappa shape index (κ3) is 7.09. The molecule has 1 saturated carbocycles. The van der Waals surface area contributed by atoms with Crippen LogP contribution in [0.2, 0.25) is 0 Å². The van der Waals surface area contributed by atoms with E-state index >= 15 is 0 Å². The van der Waals surface area contributed by atoms with E-state index < -0.39 is 6.04 Å². The molecule has 1 N–H and O–H groups in total. The molecule has 1 unspecified atom stereocenters. The first-order chi connectivity index (χ1) is 16.4. The largest absolute Gasteiger partial charge is 0.497 e. The number of nitrogens with one attached hydrogen (secondary N) is 1. The Balaban J connectivity index is 1.73. The molecule has 0 aliphatic heterocycles. The summed E-state index contributed by atoms with van der Waals surface area (Å²) in [6.45, 7) is 6.75. The molecular formula is C29H40N2O3. The molecule has 5 heteroatoms. The van der Waals surface area contributed by atoms with Gasteiger partial charge in [-0.05, 0) is 60.4 Å². The fourth-order valence-corrected chi connectivity index (χ4v) is 4.68. The highest BCUT2D eigenvalue weighted by molar-refractivity contribution is 5.88. The van der Waals surface area contributed by atoms with Gasteiger partial charge in [0.2, 0.25) is 11.8 Å². The average molecular weight is 465 g/mol. The molecule has 2 aromatic rings. The number of ether oxygens (including phenoxy) is 1. The van der Waals surface area contributed by atoms with E-state index in [4.69, 9.17) is 4.74 Å². The summed E-state index contributed by atoms with van der Waals surface area (Å²) in [6.07, 6.45) is 6.00. The highest BCUT2D eigenvalue weighted by atomic mass is 16.5. The molecule has 1 aliphatic carbocycles. The maximum atomic E-state index is 13.5. The molecule has 0 bridgehead atoms. The van der Waals surface area contributed by atoms with Crippen LogP contribution in [-0.4, -0.2) is 35.9 Å². The second-order valence-corrected chi connectivity index (χ2v) is 9.68. The van der Waals surface area contributed by atoms with Gasteiger partial charge in [0.1, 0.15) is 11.8 Å². The van der Waals surface area contributed by atoms with Crippen molar-refractivity contribution >= 4 is 11.8 Å². The van der Waals surface area contributed by atoms with E-state index in [0.717, 1.165) is 42.6 Å². The normalized spacial score (nSPS) is 14.7. The molecule has 0 spiro atoms. The van der Waals surface area contributed by atoms with E-state index in [2.05, 4.69) is 43.4 Å². The second-order valence-electron chi connectivity index (χ2n) is 9.68. The summed E-state index contributed by atoms with van der Waals surface area (Å²) < 4.78 is 5.27. The first-order valence-electron chi connectivity index (χ1n) is 12.7. The van der Waals surface area contributed by atoms with Crippen molar-refractivity contribution in [2.45, 2.75) is 90.3 Å². The van der Waals surface area contributed by atoms with E-state index in [-0.39, 0.29) is 17.9 Å². The van der Waals surface area contributed by atoms with Crippen molar-refractivity contribution < 1.29 is 14.3 Å². The molecule has 1 atom stereocenters. The van der Waals surface area contributed by atoms with Crippen LogP contribution < -0.4 is 10.1 Å². The minimum absolute atomic E-state index is 0.0113. The fraction of sp³-hybridized carbons (Fsp3) is 0.517. The molecule has 1 fully saturated rings. The lowest BCUT2D eigenvalue weighted by Crippen LogP contribution is -2.51. The first kappa shape index (κ1) is 25.8. The van der Waals surface area contributed by atoms with Crippen molar-refractivity contribution in [3.05, 3.63) is 65.2 Å². The molecule has 0 saturated heterocycles. The topological polar surface area (TPSA) is 58.6 Å². The lowest BCUT2D eigenvalue weighted by Gasteiger charge is -2.31. The first-order valence-corrected chi connectivity index (χ1v) is 12.7. The van der Waals surface area contributed by atoms with Crippen LogP contribution in [0.4, 0.5) is 0 Å². The molecule has 0 aromatic heterocycles. The zero-order chi connectivity index (χ0) is 24.5. The molecule has 3 rings (SSSR count). The number of carbonyl (C=O) groups excluding carboxylic acids is 2. The highest BCUT2D eigenvalue weighted by Gasteiger charge is 2.30. The van der Waals surface area contributed by atoms with Gasteiger partial charge in [-0.1, -0.05) is 70.0 Å². The van der Waals surface area contributed by atoms with Crippen LogP contribution >= 0.6 is 0 Å². The zero-order valence-corrected chi connectivity index (χ0v) is 21.2. The van der Waals surface area contributed by atoms with Gasteiger partial charge in [-0.15, -0.1) is 0 Å². The summed E-state index contributed by atoms with van der Waals surface area (Å²) in [6, 6.07) is 16.0. The molecule has 0 radical (unpaired) electrons. The smallest absolute Gasteiger partial charge is 0.243 e. The van der Waals surface area contributed by atoms with Gasteiger partial charge >= 0.3 is 0 Å². The van der Waals surface area contributed by atoms with E-state index in [1.54, 1.807) is 12.0 Å². The Labute approximate surface area is 204 Å². The molecule has 1 aliphatic rings. The monoisotopic (exact) mass is 464 g/mol. The summed E-state index contributed by atoms with van der Waals surface area (Å²) in [5.41, 5.74) is 3.43. The molecule has 2 aromatic carbocycles. The van der Waals surface area contributed by atoms with Crippen LogP contribution in [-0.2, 0) is 22.6 Å². The van der Waals surface area contributed by atoms with Crippen molar-refractivity contribution in [3.63, 3.8) is 0 Å². The number of amides is 2. The average Bonchev–Trinajstić information content (AvgIpc) is 3.36.